The number of nitrogens with zero attached hydrogens (tertiary/aromatic N) is 4. The van der Waals surface area contributed by atoms with Crippen LogP contribution >= 0.6 is 0 Å². The molecule has 3 aromatic rings. The Morgan fingerprint density at radius 1 is 1.06 bits per heavy atom. The average Bonchev–Trinajstić information content (AvgIpc) is 3.27. The lowest BCUT2D eigenvalue weighted by molar-refractivity contribution is 0.221. The lowest BCUT2D eigenvalue weighted by atomic mass is 10.0. The quantitative estimate of drug-likeness (QED) is 0.585. The van der Waals surface area contributed by atoms with Crippen LogP contribution in [0.5, 0.6) is 0 Å². The standard InChI is InChI=1S/C29H33N5/c1-4-21(2)33-18-14-25(15-19-33)34-26-16-17-32(3)29(30)27(26)28(31-34)24-12-10-23(11-13-24)20-22-8-6-5-7-9-22/h4-13,16,25H,1-2,14-15,17-20,30H2,3H3. The second kappa shape index (κ2) is 9.26. The van der Waals surface area contributed by atoms with Crippen LogP contribution < -0.4 is 16.3 Å². The molecule has 0 aliphatic carbocycles. The molecular weight excluding hydrogens is 418 g/mol. The largest absolute Gasteiger partial charge is 0.385 e. The molecule has 0 bridgehead atoms. The summed E-state index contributed by atoms with van der Waals surface area (Å²) in [5.41, 5.74) is 12.3. The first kappa shape index (κ1) is 22.1. The molecule has 3 heterocycles. The van der Waals surface area contributed by atoms with Gasteiger partial charge >= 0.3 is 0 Å². The Kier molecular flexibility index (Phi) is 6.01. The summed E-state index contributed by atoms with van der Waals surface area (Å²) in [6.45, 7) is 10.7. The van der Waals surface area contributed by atoms with Crippen LogP contribution in [-0.2, 0) is 6.42 Å². The maximum absolute atomic E-state index is 6.62. The third-order valence-electron chi connectivity index (χ3n) is 7.10. The van der Waals surface area contributed by atoms with Gasteiger partial charge in [-0.1, -0.05) is 67.8 Å². The van der Waals surface area contributed by atoms with E-state index in [0.717, 1.165) is 72.2 Å². The van der Waals surface area contributed by atoms with Crippen molar-refractivity contribution < 1.29 is 0 Å². The first-order valence-corrected chi connectivity index (χ1v) is 12.0. The van der Waals surface area contributed by atoms with E-state index in [4.69, 9.17) is 10.8 Å². The monoisotopic (exact) mass is 451 g/mol. The molecule has 1 saturated heterocycles. The van der Waals surface area contributed by atoms with E-state index in [9.17, 15) is 0 Å². The molecule has 2 N–H and O–H groups in total. The fourth-order valence-corrected chi connectivity index (χ4v) is 5.03. The third kappa shape index (κ3) is 4.14. The van der Waals surface area contributed by atoms with Gasteiger partial charge in [0.1, 0.15) is 11.5 Å². The molecule has 5 nitrogen and oxygen atoms in total. The number of likely N-dealkylation sites (tertiary alicyclic amines) is 1. The first-order valence-electron chi connectivity index (χ1n) is 12.0. The van der Waals surface area contributed by atoms with Crippen LogP contribution in [0.1, 0.15) is 30.0 Å². The van der Waals surface area contributed by atoms with Crippen molar-refractivity contribution in [3.63, 3.8) is 0 Å². The summed E-state index contributed by atoms with van der Waals surface area (Å²) < 4.78 is 2.23. The van der Waals surface area contributed by atoms with Gasteiger partial charge < -0.3 is 15.5 Å². The van der Waals surface area contributed by atoms with Crippen LogP contribution in [0.25, 0.3) is 23.2 Å². The second-order valence-electron chi connectivity index (χ2n) is 9.30. The highest BCUT2D eigenvalue weighted by molar-refractivity contribution is 5.65. The lowest BCUT2D eigenvalue weighted by Crippen LogP contribution is -2.45. The second-order valence-corrected chi connectivity index (χ2v) is 9.30. The van der Waals surface area contributed by atoms with Gasteiger partial charge in [-0.2, -0.15) is 5.10 Å². The molecular formula is C29H33N5. The van der Waals surface area contributed by atoms with Gasteiger partial charge in [0.25, 0.3) is 0 Å². The van der Waals surface area contributed by atoms with Crippen LogP contribution in [0.4, 0.5) is 0 Å². The zero-order valence-electron chi connectivity index (χ0n) is 20.0. The van der Waals surface area contributed by atoms with E-state index < -0.39 is 0 Å². The Morgan fingerprint density at radius 2 is 1.74 bits per heavy atom. The molecule has 2 aliphatic heterocycles. The molecule has 34 heavy (non-hydrogen) atoms. The van der Waals surface area contributed by atoms with Crippen LogP contribution in [0.3, 0.4) is 0 Å². The highest BCUT2D eigenvalue weighted by Gasteiger charge is 2.25. The molecule has 2 aromatic carbocycles. The topological polar surface area (TPSA) is 50.3 Å². The summed E-state index contributed by atoms with van der Waals surface area (Å²) in [5, 5.41) is 7.38. The van der Waals surface area contributed by atoms with Crippen LogP contribution in [0.2, 0.25) is 0 Å². The van der Waals surface area contributed by atoms with Crippen molar-refractivity contribution in [1.29, 1.82) is 0 Å². The zero-order valence-corrected chi connectivity index (χ0v) is 20.0. The maximum Gasteiger partial charge on any atom is 0.111 e. The Bertz CT molecular complexity index is 1310. The van der Waals surface area contributed by atoms with Crippen molar-refractivity contribution in [1.82, 2.24) is 19.6 Å². The Hall–Kier alpha value is -3.73. The summed E-state index contributed by atoms with van der Waals surface area (Å²) in [7, 11) is 2.04. The molecule has 5 heteroatoms. The summed E-state index contributed by atoms with van der Waals surface area (Å²) >= 11 is 0. The van der Waals surface area contributed by atoms with E-state index in [1.54, 1.807) is 0 Å². The van der Waals surface area contributed by atoms with Gasteiger partial charge in [-0.15, -0.1) is 0 Å². The predicted molar refractivity (Wildman–Crippen MR) is 140 cm³/mol. The Morgan fingerprint density at radius 3 is 2.41 bits per heavy atom. The van der Waals surface area contributed by atoms with Gasteiger partial charge in [0.2, 0.25) is 0 Å². The number of hydrogen-bond donors (Lipinski definition) is 1. The van der Waals surface area contributed by atoms with Gasteiger partial charge in [-0.3, -0.25) is 4.68 Å². The number of hydrogen-bond acceptors (Lipinski definition) is 4. The molecule has 2 aliphatic rings. The van der Waals surface area contributed by atoms with Crippen molar-refractivity contribution in [3.05, 3.63) is 101 Å². The van der Waals surface area contributed by atoms with Crippen LogP contribution in [0, 0.1) is 0 Å². The molecule has 0 amide bonds. The number of nitrogens with two attached hydrogens (primary N) is 1. The molecule has 0 spiro atoms. The lowest BCUT2D eigenvalue weighted by Gasteiger charge is -2.34. The number of rotatable bonds is 6. The van der Waals surface area contributed by atoms with E-state index in [1.165, 1.54) is 11.1 Å². The fourth-order valence-electron chi connectivity index (χ4n) is 5.03. The van der Waals surface area contributed by atoms with Crippen LogP contribution in [-0.4, -0.2) is 46.3 Å². The third-order valence-corrected chi connectivity index (χ3v) is 7.10. The van der Waals surface area contributed by atoms with E-state index >= 15 is 0 Å². The number of fused-ring (bicyclic) bond motifs is 1. The fraction of sp³-hybridized carbons (Fsp3) is 0.276. The van der Waals surface area contributed by atoms with E-state index in [-0.39, 0.29) is 0 Å². The van der Waals surface area contributed by atoms with Gasteiger partial charge in [0.15, 0.2) is 0 Å². The highest BCUT2D eigenvalue weighted by Crippen LogP contribution is 2.24. The molecule has 0 radical (unpaired) electrons. The highest BCUT2D eigenvalue weighted by atomic mass is 15.3. The van der Waals surface area contributed by atoms with Gasteiger partial charge in [-0.05, 0) is 42.5 Å². The minimum atomic E-state index is 0.348. The van der Waals surface area contributed by atoms with Gasteiger partial charge in [0, 0.05) is 37.9 Å². The zero-order chi connectivity index (χ0) is 23.7. The normalized spacial score (nSPS) is 16.2. The molecule has 174 valence electrons. The SMILES string of the molecule is C=CC(=C)N1CCC(n2nc(-c3ccc(Cc4ccccc4)cc3)c3c2=CCN(C)C=3N)CC1. The molecule has 0 saturated carbocycles. The van der Waals surface area contributed by atoms with E-state index in [0.29, 0.717) is 6.04 Å². The molecule has 0 unspecified atom stereocenters. The van der Waals surface area contributed by atoms with Gasteiger partial charge in [-0.25, -0.2) is 0 Å². The maximum atomic E-state index is 6.62. The minimum Gasteiger partial charge on any atom is -0.385 e. The number of benzene rings is 2. The number of piperidine rings is 1. The number of aromatic nitrogens is 2. The Balaban J connectivity index is 1.48. The summed E-state index contributed by atoms with van der Waals surface area (Å²) in [5.74, 6) is 0.796. The van der Waals surface area contributed by atoms with Crippen molar-refractivity contribution in [2.24, 2.45) is 5.73 Å². The first-order chi connectivity index (χ1) is 16.5. The van der Waals surface area contributed by atoms with Crippen molar-refractivity contribution in [2.45, 2.75) is 25.3 Å². The summed E-state index contributed by atoms with van der Waals surface area (Å²) in [4.78, 5) is 4.40. The van der Waals surface area contributed by atoms with E-state index in [1.807, 2.05) is 13.1 Å². The van der Waals surface area contributed by atoms with Crippen molar-refractivity contribution >= 4 is 11.9 Å². The molecule has 5 rings (SSSR count). The predicted octanol–water partition coefficient (Wildman–Crippen LogP) is 3.23. The van der Waals surface area contributed by atoms with E-state index in [2.05, 4.69) is 88.3 Å². The smallest absolute Gasteiger partial charge is 0.111 e. The van der Waals surface area contributed by atoms with Crippen molar-refractivity contribution in [2.75, 3.05) is 26.7 Å². The summed E-state index contributed by atoms with van der Waals surface area (Å²) in [6.07, 6.45) is 7.09. The minimum absolute atomic E-state index is 0.348. The van der Waals surface area contributed by atoms with Crippen LogP contribution in [0.15, 0.2) is 79.5 Å². The molecule has 0 atom stereocenters. The van der Waals surface area contributed by atoms with Gasteiger partial charge in [0.05, 0.1) is 16.6 Å². The molecule has 1 fully saturated rings. The summed E-state index contributed by atoms with van der Waals surface area (Å²) in [6, 6.07) is 19.7. The van der Waals surface area contributed by atoms with Crippen molar-refractivity contribution in [3.8, 4) is 11.3 Å². The Labute approximate surface area is 201 Å². The molecule has 1 aromatic heterocycles. The average molecular weight is 452 g/mol. The number of allylic oxidation sites excluding steroid dienone is 1.